The first kappa shape index (κ1) is 17.9. The first-order valence-corrected chi connectivity index (χ1v) is 8.52. The standard InChI is InChI=1S/C19H17Cl2NO3/c1-19(10-25-2)17(23)16(18(24)22-19)14-9-12(5-8-15(14)21)11-3-6-13(20)7-4-11/h3-9,16H,10H2,1-2H3,(H,22,24). The van der Waals surface area contributed by atoms with Crippen LogP contribution in [0.25, 0.3) is 11.1 Å². The molecule has 1 aliphatic heterocycles. The van der Waals surface area contributed by atoms with Gasteiger partial charge in [0.1, 0.15) is 11.5 Å². The normalized spacial score (nSPS) is 23.0. The highest BCUT2D eigenvalue weighted by molar-refractivity contribution is 6.33. The highest BCUT2D eigenvalue weighted by Crippen LogP contribution is 2.36. The molecule has 2 unspecified atom stereocenters. The van der Waals surface area contributed by atoms with Gasteiger partial charge in [0.15, 0.2) is 5.78 Å². The Morgan fingerprint density at radius 1 is 1.08 bits per heavy atom. The summed E-state index contributed by atoms with van der Waals surface area (Å²) in [5.41, 5.74) is 1.23. The fourth-order valence-corrected chi connectivity index (χ4v) is 3.46. The van der Waals surface area contributed by atoms with Crippen LogP contribution in [0, 0.1) is 0 Å². The van der Waals surface area contributed by atoms with Crippen LogP contribution in [0.3, 0.4) is 0 Å². The maximum atomic E-state index is 12.8. The van der Waals surface area contributed by atoms with Gasteiger partial charge in [0.05, 0.1) is 6.61 Å². The van der Waals surface area contributed by atoms with E-state index in [9.17, 15) is 9.59 Å². The monoisotopic (exact) mass is 377 g/mol. The molecule has 4 nitrogen and oxygen atoms in total. The Bertz CT molecular complexity index is 835. The minimum atomic E-state index is -1.05. The summed E-state index contributed by atoms with van der Waals surface area (Å²) in [5, 5.41) is 3.75. The average molecular weight is 378 g/mol. The van der Waals surface area contributed by atoms with Crippen LogP contribution < -0.4 is 5.32 Å². The van der Waals surface area contributed by atoms with E-state index in [2.05, 4.69) is 5.32 Å². The highest BCUT2D eigenvalue weighted by Gasteiger charge is 2.50. The summed E-state index contributed by atoms with van der Waals surface area (Å²) in [4.78, 5) is 25.3. The topological polar surface area (TPSA) is 55.4 Å². The number of hydrogen-bond acceptors (Lipinski definition) is 3. The number of amides is 1. The van der Waals surface area contributed by atoms with Crippen LogP contribution in [0.4, 0.5) is 0 Å². The predicted octanol–water partition coefficient (Wildman–Crippen LogP) is 3.85. The molecule has 2 atom stereocenters. The zero-order valence-electron chi connectivity index (χ0n) is 13.8. The van der Waals surface area contributed by atoms with Crippen LogP contribution in [0.2, 0.25) is 10.0 Å². The van der Waals surface area contributed by atoms with E-state index in [1.807, 2.05) is 18.2 Å². The first-order valence-electron chi connectivity index (χ1n) is 7.76. The van der Waals surface area contributed by atoms with Gasteiger partial charge in [0.2, 0.25) is 5.91 Å². The quantitative estimate of drug-likeness (QED) is 0.823. The van der Waals surface area contributed by atoms with Gasteiger partial charge >= 0.3 is 0 Å². The molecule has 0 saturated carbocycles. The summed E-state index contributed by atoms with van der Waals surface area (Å²) >= 11 is 12.2. The predicted molar refractivity (Wildman–Crippen MR) is 98.1 cm³/mol. The Hall–Kier alpha value is -1.88. The van der Waals surface area contributed by atoms with Crippen molar-refractivity contribution in [1.82, 2.24) is 5.32 Å². The molecule has 1 heterocycles. The van der Waals surface area contributed by atoms with Gasteiger partial charge in [-0.2, -0.15) is 0 Å². The molecule has 0 spiro atoms. The average Bonchev–Trinajstić information content (AvgIpc) is 2.79. The zero-order valence-corrected chi connectivity index (χ0v) is 15.3. The number of ether oxygens (including phenoxy) is 1. The maximum Gasteiger partial charge on any atom is 0.236 e. The maximum absolute atomic E-state index is 12.8. The van der Waals surface area contributed by atoms with Crippen molar-refractivity contribution in [3.05, 3.63) is 58.1 Å². The van der Waals surface area contributed by atoms with Crippen molar-refractivity contribution in [1.29, 1.82) is 0 Å². The molecule has 1 aliphatic rings. The van der Waals surface area contributed by atoms with Gasteiger partial charge in [-0.15, -0.1) is 0 Å². The lowest BCUT2D eigenvalue weighted by Gasteiger charge is -2.21. The number of rotatable bonds is 4. The fraction of sp³-hybridized carbons (Fsp3) is 0.263. The Balaban J connectivity index is 2.02. The molecular weight excluding hydrogens is 361 g/mol. The van der Waals surface area contributed by atoms with Crippen molar-refractivity contribution in [2.24, 2.45) is 0 Å². The van der Waals surface area contributed by atoms with Gasteiger partial charge in [0.25, 0.3) is 0 Å². The van der Waals surface area contributed by atoms with Gasteiger partial charge < -0.3 is 10.1 Å². The summed E-state index contributed by atoms with van der Waals surface area (Å²) in [5.74, 6) is -1.55. The summed E-state index contributed by atoms with van der Waals surface area (Å²) in [6, 6.07) is 12.7. The van der Waals surface area contributed by atoms with E-state index in [1.165, 1.54) is 7.11 Å². The molecule has 0 radical (unpaired) electrons. The van der Waals surface area contributed by atoms with Crippen molar-refractivity contribution in [2.75, 3.05) is 13.7 Å². The van der Waals surface area contributed by atoms with Crippen LogP contribution in [-0.2, 0) is 14.3 Å². The van der Waals surface area contributed by atoms with Crippen molar-refractivity contribution < 1.29 is 14.3 Å². The molecule has 6 heteroatoms. The molecular formula is C19H17Cl2NO3. The highest BCUT2D eigenvalue weighted by atomic mass is 35.5. The van der Waals surface area contributed by atoms with Crippen molar-refractivity contribution in [2.45, 2.75) is 18.4 Å². The van der Waals surface area contributed by atoms with Crippen LogP contribution in [0.1, 0.15) is 18.4 Å². The van der Waals surface area contributed by atoms with Gasteiger partial charge in [-0.05, 0) is 47.9 Å². The molecule has 0 aromatic heterocycles. The SMILES string of the molecule is COCC1(C)NC(=O)C(c2cc(-c3ccc(Cl)cc3)ccc2Cl)C1=O. The summed E-state index contributed by atoms with van der Waals surface area (Å²) < 4.78 is 5.09. The summed E-state index contributed by atoms with van der Waals surface area (Å²) in [6.07, 6.45) is 0. The lowest BCUT2D eigenvalue weighted by atomic mass is 9.87. The largest absolute Gasteiger partial charge is 0.382 e. The van der Waals surface area contributed by atoms with E-state index < -0.39 is 11.5 Å². The Kier molecular flexibility index (Phi) is 4.87. The number of carbonyl (C=O) groups excluding carboxylic acids is 2. The van der Waals surface area contributed by atoms with E-state index >= 15 is 0 Å². The molecule has 1 N–H and O–H groups in total. The number of nitrogens with one attached hydrogen (secondary N) is 1. The second-order valence-electron chi connectivity index (χ2n) is 6.29. The number of Topliss-reactive ketones (excluding diaryl/α,β-unsaturated/α-hetero) is 1. The summed E-state index contributed by atoms with van der Waals surface area (Å²) in [7, 11) is 1.49. The smallest absolute Gasteiger partial charge is 0.236 e. The number of benzene rings is 2. The lowest BCUT2D eigenvalue weighted by Crippen LogP contribution is -2.47. The van der Waals surface area contributed by atoms with Crippen LogP contribution in [0.15, 0.2) is 42.5 Å². The van der Waals surface area contributed by atoms with Crippen molar-refractivity contribution in [3.8, 4) is 11.1 Å². The van der Waals surface area contributed by atoms with Gasteiger partial charge in [-0.3, -0.25) is 9.59 Å². The van der Waals surface area contributed by atoms with E-state index in [0.717, 1.165) is 11.1 Å². The second-order valence-corrected chi connectivity index (χ2v) is 7.14. The molecule has 1 fully saturated rings. The fourth-order valence-electron chi connectivity index (χ4n) is 3.11. The van der Waals surface area contributed by atoms with Crippen molar-refractivity contribution >= 4 is 34.9 Å². The molecule has 25 heavy (non-hydrogen) atoms. The van der Waals surface area contributed by atoms with E-state index in [-0.39, 0.29) is 18.3 Å². The second kappa shape index (κ2) is 6.79. The number of carbonyl (C=O) groups is 2. The molecule has 1 amide bonds. The minimum absolute atomic E-state index is 0.114. The molecule has 3 rings (SSSR count). The Morgan fingerprint density at radius 2 is 1.72 bits per heavy atom. The summed E-state index contributed by atoms with van der Waals surface area (Å²) in [6.45, 7) is 1.77. The van der Waals surface area contributed by atoms with Gasteiger partial charge in [0, 0.05) is 17.2 Å². The number of ketones is 1. The zero-order chi connectivity index (χ0) is 18.2. The van der Waals surface area contributed by atoms with Crippen LogP contribution >= 0.6 is 23.2 Å². The number of halogens is 2. The molecule has 0 bridgehead atoms. The molecule has 0 aliphatic carbocycles. The molecule has 2 aromatic rings. The van der Waals surface area contributed by atoms with E-state index in [1.54, 1.807) is 31.2 Å². The minimum Gasteiger partial charge on any atom is -0.382 e. The first-order chi connectivity index (χ1) is 11.9. The Morgan fingerprint density at radius 3 is 2.36 bits per heavy atom. The number of methoxy groups -OCH3 is 1. The van der Waals surface area contributed by atoms with Crippen LogP contribution in [-0.4, -0.2) is 30.9 Å². The Labute approximate surface area is 156 Å². The molecule has 1 saturated heterocycles. The van der Waals surface area contributed by atoms with Crippen LogP contribution in [0.5, 0.6) is 0 Å². The van der Waals surface area contributed by atoms with E-state index in [0.29, 0.717) is 15.6 Å². The van der Waals surface area contributed by atoms with Gasteiger partial charge in [-0.1, -0.05) is 41.4 Å². The third kappa shape index (κ3) is 3.30. The third-order valence-corrected chi connectivity index (χ3v) is 4.98. The third-order valence-electron chi connectivity index (χ3n) is 4.38. The molecule has 2 aromatic carbocycles. The lowest BCUT2D eigenvalue weighted by molar-refractivity contribution is -0.125. The number of hydrogen-bond donors (Lipinski definition) is 1. The molecule has 130 valence electrons. The van der Waals surface area contributed by atoms with Gasteiger partial charge in [-0.25, -0.2) is 0 Å². The van der Waals surface area contributed by atoms with E-state index in [4.69, 9.17) is 27.9 Å². The van der Waals surface area contributed by atoms with Crippen molar-refractivity contribution in [3.63, 3.8) is 0 Å².